The van der Waals surface area contributed by atoms with Gasteiger partial charge in [0.2, 0.25) is 0 Å². The summed E-state index contributed by atoms with van der Waals surface area (Å²) in [4.78, 5) is 24.1. The van der Waals surface area contributed by atoms with E-state index >= 15 is 0 Å². The maximum Gasteiger partial charge on any atom is 0.306 e. The molecular formula is C33H60O13. The minimum absolute atomic E-state index is 0.118. The number of unbranched alkanes of at least 4 members (excludes halogenated alkanes) is 14. The summed E-state index contributed by atoms with van der Waals surface area (Å²) < 4.78 is 27.5. The number of carbonyl (C=O) groups excluding carboxylic acids is 2. The smallest absolute Gasteiger partial charge is 0.306 e. The fraction of sp³-hybridized carbons (Fsp3) is 0.939. The van der Waals surface area contributed by atoms with Crippen molar-refractivity contribution < 1.29 is 63.9 Å². The predicted octanol–water partition coefficient (Wildman–Crippen LogP) is 2.03. The Bertz CT molecular complexity index is 829. The lowest BCUT2D eigenvalue weighted by molar-refractivity contribution is -0.341. The number of hydrogen-bond donors (Lipinski definition) is 6. The van der Waals surface area contributed by atoms with E-state index in [9.17, 15) is 35.1 Å². The molecule has 0 saturated carbocycles. The molecule has 0 aromatic heterocycles. The van der Waals surface area contributed by atoms with Gasteiger partial charge in [-0.3, -0.25) is 9.59 Å². The molecule has 0 aromatic rings. The van der Waals surface area contributed by atoms with Crippen molar-refractivity contribution in [3.05, 3.63) is 0 Å². The lowest BCUT2D eigenvalue weighted by Gasteiger charge is -2.46. The summed E-state index contributed by atoms with van der Waals surface area (Å²) in [6.07, 6.45) is 3.51. The summed E-state index contributed by atoms with van der Waals surface area (Å²) in [5.41, 5.74) is 0. The maximum absolute atomic E-state index is 12.7. The first-order chi connectivity index (χ1) is 22.1. The Hall–Kier alpha value is -1.42. The summed E-state index contributed by atoms with van der Waals surface area (Å²) >= 11 is 0. The fourth-order valence-corrected chi connectivity index (χ4v) is 6.01. The van der Waals surface area contributed by atoms with Crippen LogP contribution in [-0.4, -0.2) is 124 Å². The van der Waals surface area contributed by atoms with Crippen LogP contribution in [0.3, 0.4) is 0 Å². The van der Waals surface area contributed by atoms with Crippen molar-refractivity contribution in [3.8, 4) is 0 Å². The first-order valence-electron chi connectivity index (χ1n) is 17.3. The van der Waals surface area contributed by atoms with Gasteiger partial charge in [-0.2, -0.15) is 0 Å². The van der Waals surface area contributed by atoms with Gasteiger partial charge in [0.05, 0.1) is 12.7 Å². The highest BCUT2D eigenvalue weighted by atomic mass is 16.7. The lowest BCUT2D eigenvalue weighted by atomic mass is 9.95. The highest BCUT2D eigenvalue weighted by molar-refractivity contribution is 5.69. The Morgan fingerprint density at radius 1 is 0.630 bits per heavy atom. The van der Waals surface area contributed by atoms with Crippen molar-refractivity contribution in [2.24, 2.45) is 0 Å². The van der Waals surface area contributed by atoms with E-state index in [1.54, 1.807) is 6.92 Å². The van der Waals surface area contributed by atoms with Crippen LogP contribution < -0.4 is 0 Å². The van der Waals surface area contributed by atoms with Crippen LogP contribution in [0.5, 0.6) is 0 Å². The molecular weight excluding hydrogens is 604 g/mol. The molecule has 2 fully saturated rings. The van der Waals surface area contributed by atoms with Crippen LogP contribution in [0.2, 0.25) is 0 Å². The van der Waals surface area contributed by atoms with Gasteiger partial charge in [0.25, 0.3) is 0 Å². The van der Waals surface area contributed by atoms with Gasteiger partial charge in [-0.05, 0) is 19.8 Å². The zero-order chi connectivity index (χ0) is 33.9. The third-order valence-corrected chi connectivity index (χ3v) is 8.79. The highest BCUT2D eigenvalue weighted by Gasteiger charge is 2.51. The SMILES string of the molecule is CC(=O)OCC1O[C@@H](O[C@H]2C(O)[C@H](O)C(CO)O[C@H]2C)[C@@H](O)C(O)[C@@H]1OC(=O)CCCCCCCCCCCCCCCCCO. The summed E-state index contributed by atoms with van der Waals surface area (Å²) in [5, 5.41) is 60.6. The van der Waals surface area contributed by atoms with Crippen LogP contribution >= 0.6 is 0 Å². The normalized spacial score (nSPS) is 31.5. The molecule has 13 nitrogen and oxygen atoms in total. The maximum atomic E-state index is 12.7. The first-order valence-corrected chi connectivity index (χ1v) is 17.3. The molecule has 0 amide bonds. The first kappa shape index (κ1) is 40.8. The molecule has 0 aliphatic carbocycles. The van der Waals surface area contributed by atoms with Gasteiger partial charge in [-0.15, -0.1) is 0 Å². The molecule has 13 heteroatoms. The van der Waals surface area contributed by atoms with Crippen molar-refractivity contribution in [2.75, 3.05) is 19.8 Å². The molecule has 4 unspecified atom stereocenters. The standard InChI is InChI=1S/C33H60O13/c1-22-31(28(39)27(38)24(20-35)43-22)46-33-30(41)29(40)32(25(44-33)21-42-23(2)36)45-26(37)18-16-14-12-10-8-6-4-3-5-7-9-11-13-15-17-19-34/h22,24-25,27-35,38-41H,3-21H2,1-2H3/t22-,24?,25?,27+,28?,29?,30-,31+,32+,33-/m0/s1. The van der Waals surface area contributed by atoms with Crippen LogP contribution in [0, 0.1) is 0 Å². The highest BCUT2D eigenvalue weighted by Crippen LogP contribution is 2.30. The van der Waals surface area contributed by atoms with Gasteiger partial charge in [-0.1, -0.05) is 83.5 Å². The lowest BCUT2D eigenvalue weighted by Crippen LogP contribution is -2.64. The van der Waals surface area contributed by atoms with Gasteiger partial charge in [0.15, 0.2) is 12.4 Å². The molecule has 2 aliphatic heterocycles. The fourth-order valence-electron chi connectivity index (χ4n) is 6.01. The van der Waals surface area contributed by atoms with Crippen molar-refractivity contribution in [3.63, 3.8) is 0 Å². The minimum atomic E-state index is -1.71. The minimum Gasteiger partial charge on any atom is -0.463 e. The predicted molar refractivity (Wildman–Crippen MR) is 166 cm³/mol. The molecule has 270 valence electrons. The molecule has 2 saturated heterocycles. The van der Waals surface area contributed by atoms with Crippen LogP contribution in [0.15, 0.2) is 0 Å². The number of ether oxygens (including phenoxy) is 5. The largest absolute Gasteiger partial charge is 0.463 e. The van der Waals surface area contributed by atoms with Gasteiger partial charge in [0.1, 0.15) is 49.3 Å². The Labute approximate surface area is 273 Å². The second-order valence-electron chi connectivity index (χ2n) is 12.7. The second kappa shape index (κ2) is 23.0. The average molecular weight is 665 g/mol. The Morgan fingerprint density at radius 3 is 1.63 bits per heavy atom. The van der Waals surface area contributed by atoms with Crippen molar-refractivity contribution in [2.45, 2.75) is 178 Å². The van der Waals surface area contributed by atoms with Gasteiger partial charge >= 0.3 is 11.9 Å². The zero-order valence-corrected chi connectivity index (χ0v) is 27.7. The van der Waals surface area contributed by atoms with E-state index in [2.05, 4.69) is 0 Å². The number of aliphatic hydroxyl groups excluding tert-OH is 6. The average Bonchev–Trinajstić information content (AvgIpc) is 3.03. The van der Waals surface area contributed by atoms with E-state index in [0.717, 1.165) is 32.1 Å². The van der Waals surface area contributed by atoms with E-state index in [4.69, 9.17) is 28.8 Å². The molecule has 6 N–H and O–H groups in total. The molecule has 0 spiro atoms. The van der Waals surface area contributed by atoms with Crippen LogP contribution in [-0.2, 0) is 33.3 Å². The summed E-state index contributed by atoms with van der Waals surface area (Å²) in [7, 11) is 0. The number of carbonyl (C=O) groups is 2. The van der Waals surface area contributed by atoms with E-state index < -0.39 is 86.4 Å². The Morgan fingerprint density at radius 2 is 1.13 bits per heavy atom. The summed E-state index contributed by atoms with van der Waals surface area (Å²) in [6.45, 7) is 2.11. The second-order valence-corrected chi connectivity index (χ2v) is 12.7. The number of hydrogen-bond acceptors (Lipinski definition) is 13. The molecule has 2 aliphatic rings. The molecule has 0 radical (unpaired) electrons. The topological polar surface area (TPSA) is 202 Å². The Kier molecular flexibility index (Phi) is 20.4. The molecule has 0 bridgehead atoms. The summed E-state index contributed by atoms with van der Waals surface area (Å²) in [5.74, 6) is -1.21. The van der Waals surface area contributed by atoms with Crippen molar-refractivity contribution in [1.29, 1.82) is 0 Å². The van der Waals surface area contributed by atoms with E-state index in [0.29, 0.717) is 13.0 Å². The van der Waals surface area contributed by atoms with E-state index in [1.807, 2.05) is 0 Å². The molecule has 46 heavy (non-hydrogen) atoms. The van der Waals surface area contributed by atoms with Crippen LogP contribution in [0.1, 0.15) is 117 Å². The molecule has 10 atom stereocenters. The quantitative estimate of drug-likeness (QED) is 0.0685. The third kappa shape index (κ3) is 14.4. The third-order valence-electron chi connectivity index (χ3n) is 8.79. The molecule has 2 heterocycles. The monoisotopic (exact) mass is 664 g/mol. The number of aliphatic hydroxyl groups is 6. The Balaban J connectivity index is 1.70. The van der Waals surface area contributed by atoms with Gasteiger partial charge in [0, 0.05) is 20.0 Å². The van der Waals surface area contributed by atoms with Crippen molar-refractivity contribution in [1.82, 2.24) is 0 Å². The van der Waals surface area contributed by atoms with Gasteiger partial charge < -0.3 is 54.3 Å². The molecule has 0 aromatic carbocycles. The van der Waals surface area contributed by atoms with Gasteiger partial charge in [-0.25, -0.2) is 0 Å². The molecule has 2 rings (SSSR count). The van der Waals surface area contributed by atoms with Crippen LogP contribution in [0.4, 0.5) is 0 Å². The zero-order valence-electron chi connectivity index (χ0n) is 27.7. The van der Waals surface area contributed by atoms with Crippen molar-refractivity contribution >= 4 is 11.9 Å². The van der Waals surface area contributed by atoms with Crippen LogP contribution in [0.25, 0.3) is 0 Å². The summed E-state index contributed by atoms with van der Waals surface area (Å²) in [6, 6.07) is 0. The number of esters is 2. The number of rotatable bonds is 23. The van der Waals surface area contributed by atoms with E-state index in [1.165, 1.54) is 64.7 Å². The van der Waals surface area contributed by atoms with E-state index in [-0.39, 0.29) is 6.42 Å².